The highest BCUT2D eigenvalue weighted by Crippen LogP contribution is 2.48. The van der Waals surface area contributed by atoms with Crippen molar-refractivity contribution in [3.8, 4) is 0 Å². The summed E-state index contributed by atoms with van der Waals surface area (Å²) >= 11 is 0. The second-order valence-corrected chi connectivity index (χ2v) is 5.98. The van der Waals surface area contributed by atoms with Crippen molar-refractivity contribution in [2.75, 3.05) is 13.2 Å². The molecule has 2 aliphatic rings. The van der Waals surface area contributed by atoms with E-state index in [1.165, 1.54) is 12.1 Å². The minimum Gasteiger partial charge on any atom is -0.375 e. The zero-order valence-electron chi connectivity index (χ0n) is 11.9. The third-order valence-electron chi connectivity index (χ3n) is 4.30. The molecule has 3 rings (SSSR count). The molecule has 4 unspecified atom stereocenters. The molecule has 3 nitrogen and oxygen atoms in total. The van der Waals surface area contributed by atoms with Crippen LogP contribution in [0.25, 0.3) is 0 Å². The highest BCUT2D eigenvalue weighted by molar-refractivity contribution is 5.83. The molecule has 1 aromatic rings. The van der Waals surface area contributed by atoms with Gasteiger partial charge in [0.15, 0.2) is 0 Å². The highest BCUT2D eigenvalue weighted by atomic mass is 19.1. The maximum atomic E-state index is 12.9. The molecule has 108 valence electrons. The van der Waals surface area contributed by atoms with Gasteiger partial charge in [0, 0.05) is 12.5 Å². The van der Waals surface area contributed by atoms with Gasteiger partial charge in [-0.05, 0) is 43.9 Å². The first kappa shape index (κ1) is 13.6. The number of morpholine rings is 1. The quantitative estimate of drug-likeness (QED) is 0.831. The lowest BCUT2D eigenvalue weighted by Gasteiger charge is -2.37. The molecule has 0 radical (unpaired) electrons. The predicted molar refractivity (Wildman–Crippen MR) is 73.8 cm³/mol. The molecule has 0 N–H and O–H groups in total. The van der Waals surface area contributed by atoms with E-state index in [1.807, 2.05) is 18.7 Å². The van der Waals surface area contributed by atoms with Crippen LogP contribution in [0, 0.1) is 11.7 Å². The number of nitrogens with zero attached hydrogens (tertiary/aromatic N) is 1. The molecule has 0 aromatic heterocycles. The Hall–Kier alpha value is -1.42. The van der Waals surface area contributed by atoms with Crippen LogP contribution >= 0.6 is 0 Å². The fourth-order valence-corrected chi connectivity index (χ4v) is 2.97. The fraction of sp³-hybridized carbons (Fsp3) is 0.562. The van der Waals surface area contributed by atoms with Gasteiger partial charge in [0.25, 0.3) is 0 Å². The van der Waals surface area contributed by atoms with Gasteiger partial charge in [-0.3, -0.25) is 4.79 Å². The fourth-order valence-electron chi connectivity index (χ4n) is 2.97. The van der Waals surface area contributed by atoms with E-state index in [-0.39, 0.29) is 35.7 Å². The van der Waals surface area contributed by atoms with Crippen molar-refractivity contribution < 1.29 is 13.9 Å². The van der Waals surface area contributed by atoms with E-state index in [0.717, 1.165) is 12.0 Å². The molecule has 1 aliphatic carbocycles. The average molecular weight is 277 g/mol. The molecule has 1 aliphatic heterocycles. The Balaban J connectivity index is 1.66. The van der Waals surface area contributed by atoms with Gasteiger partial charge in [0.1, 0.15) is 5.82 Å². The van der Waals surface area contributed by atoms with Gasteiger partial charge >= 0.3 is 0 Å². The standard InChI is InChI=1S/C16H20FNO2/c1-10-9-20-11(2)8-18(10)16(19)15-7-14(15)12-3-5-13(17)6-4-12/h3-6,10-11,14-15H,7-9H2,1-2H3. The number of benzene rings is 1. The zero-order chi connectivity index (χ0) is 14.3. The van der Waals surface area contributed by atoms with Crippen molar-refractivity contribution in [3.63, 3.8) is 0 Å². The summed E-state index contributed by atoms with van der Waals surface area (Å²) in [5.74, 6) is 0.316. The lowest BCUT2D eigenvalue weighted by molar-refractivity contribution is -0.144. The number of hydrogen-bond donors (Lipinski definition) is 0. The van der Waals surface area contributed by atoms with Crippen molar-refractivity contribution in [2.24, 2.45) is 5.92 Å². The second kappa shape index (κ2) is 5.17. The maximum Gasteiger partial charge on any atom is 0.226 e. The third kappa shape index (κ3) is 2.57. The van der Waals surface area contributed by atoms with Crippen LogP contribution in [0.2, 0.25) is 0 Å². The number of amides is 1. The maximum absolute atomic E-state index is 12.9. The van der Waals surface area contributed by atoms with Crippen LogP contribution in [0.3, 0.4) is 0 Å². The largest absolute Gasteiger partial charge is 0.375 e. The normalized spacial score (nSPS) is 33.0. The van der Waals surface area contributed by atoms with Crippen LogP contribution in [0.4, 0.5) is 4.39 Å². The Labute approximate surface area is 118 Å². The first-order chi connectivity index (χ1) is 9.56. The first-order valence-corrected chi connectivity index (χ1v) is 7.24. The highest BCUT2D eigenvalue weighted by Gasteiger charge is 2.47. The minimum absolute atomic E-state index is 0.0632. The molecule has 2 fully saturated rings. The van der Waals surface area contributed by atoms with E-state index >= 15 is 0 Å². The van der Waals surface area contributed by atoms with E-state index in [9.17, 15) is 9.18 Å². The predicted octanol–water partition coefficient (Wildman–Crippen LogP) is 2.57. The zero-order valence-corrected chi connectivity index (χ0v) is 11.9. The van der Waals surface area contributed by atoms with Gasteiger partial charge in [0.05, 0.1) is 18.8 Å². The number of halogens is 1. The molecular weight excluding hydrogens is 257 g/mol. The van der Waals surface area contributed by atoms with Gasteiger partial charge < -0.3 is 9.64 Å². The average Bonchev–Trinajstić information content (AvgIpc) is 3.22. The molecular formula is C16H20FNO2. The van der Waals surface area contributed by atoms with E-state index in [2.05, 4.69) is 0 Å². The summed E-state index contributed by atoms with van der Waals surface area (Å²) in [4.78, 5) is 14.5. The van der Waals surface area contributed by atoms with E-state index in [4.69, 9.17) is 4.74 Å². The number of hydrogen-bond acceptors (Lipinski definition) is 2. The van der Waals surface area contributed by atoms with E-state index < -0.39 is 0 Å². The summed E-state index contributed by atoms with van der Waals surface area (Å²) in [6, 6.07) is 6.66. The number of carbonyl (C=O) groups is 1. The van der Waals surface area contributed by atoms with Crippen molar-refractivity contribution in [3.05, 3.63) is 35.6 Å². The summed E-state index contributed by atoms with van der Waals surface area (Å²) < 4.78 is 18.5. The molecule has 0 spiro atoms. The van der Waals surface area contributed by atoms with Crippen molar-refractivity contribution in [1.82, 2.24) is 4.90 Å². The molecule has 1 saturated heterocycles. The Morgan fingerprint density at radius 3 is 2.70 bits per heavy atom. The molecule has 4 atom stereocenters. The first-order valence-electron chi connectivity index (χ1n) is 7.24. The van der Waals surface area contributed by atoms with Crippen molar-refractivity contribution in [2.45, 2.75) is 38.3 Å². The van der Waals surface area contributed by atoms with Crippen LogP contribution in [0.1, 0.15) is 31.7 Å². The van der Waals surface area contributed by atoms with Crippen molar-refractivity contribution >= 4 is 5.91 Å². The smallest absolute Gasteiger partial charge is 0.226 e. The van der Waals surface area contributed by atoms with Gasteiger partial charge in [0.2, 0.25) is 5.91 Å². The third-order valence-corrected chi connectivity index (χ3v) is 4.30. The van der Waals surface area contributed by atoms with E-state index in [0.29, 0.717) is 13.2 Å². The second-order valence-electron chi connectivity index (χ2n) is 5.98. The Morgan fingerprint density at radius 2 is 2.00 bits per heavy atom. The Morgan fingerprint density at radius 1 is 1.30 bits per heavy atom. The summed E-state index contributed by atoms with van der Waals surface area (Å²) in [5.41, 5.74) is 1.07. The molecule has 20 heavy (non-hydrogen) atoms. The molecule has 1 aromatic carbocycles. The van der Waals surface area contributed by atoms with Gasteiger partial charge in [-0.2, -0.15) is 0 Å². The van der Waals surface area contributed by atoms with Crippen LogP contribution in [0.15, 0.2) is 24.3 Å². The lowest BCUT2D eigenvalue weighted by atomic mass is 10.1. The summed E-state index contributed by atoms with van der Waals surface area (Å²) in [7, 11) is 0. The summed E-state index contributed by atoms with van der Waals surface area (Å²) in [6.07, 6.45) is 0.987. The Bertz CT molecular complexity index is 502. The van der Waals surface area contributed by atoms with Crippen LogP contribution in [0.5, 0.6) is 0 Å². The van der Waals surface area contributed by atoms with Crippen LogP contribution < -0.4 is 0 Å². The number of carbonyl (C=O) groups excluding carboxylic acids is 1. The molecule has 0 bridgehead atoms. The number of rotatable bonds is 2. The number of ether oxygens (including phenoxy) is 1. The summed E-state index contributed by atoms with van der Waals surface area (Å²) in [6.45, 7) is 5.31. The van der Waals surface area contributed by atoms with Gasteiger partial charge in [-0.25, -0.2) is 4.39 Å². The topological polar surface area (TPSA) is 29.5 Å². The SMILES string of the molecule is CC1CN(C(=O)C2CC2c2ccc(F)cc2)C(C)CO1. The van der Waals surface area contributed by atoms with E-state index in [1.54, 1.807) is 12.1 Å². The van der Waals surface area contributed by atoms with Gasteiger partial charge in [-0.15, -0.1) is 0 Å². The lowest BCUT2D eigenvalue weighted by Crippen LogP contribution is -2.50. The molecule has 1 saturated carbocycles. The molecule has 1 amide bonds. The van der Waals surface area contributed by atoms with Crippen molar-refractivity contribution in [1.29, 1.82) is 0 Å². The monoisotopic (exact) mass is 277 g/mol. The molecule has 4 heteroatoms. The molecule has 1 heterocycles. The van der Waals surface area contributed by atoms with Crippen LogP contribution in [-0.2, 0) is 9.53 Å². The summed E-state index contributed by atoms with van der Waals surface area (Å²) in [5, 5.41) is 0. The Kier molecular flexibility index (Phi) is 3.50. The van der Waals surface area contributed by atoms with Gasteiger partial charge in [-0.1, -0.05) is 12.1 Å². The minimum atomic E-state index is -0.229. The van der Waals surface area contributed by atoms with Crippen LogP contribution in [-0.4, -0.2) is 36.1 Å².